The van der Waals surface area contributed by atoms with Crippen molar-refractivity contribution in [3.63, 3.8) is 0 Å². The van der Waals surface area contributed by atoms with Gasteiger partial charge in [-0.25, -0.2) is 12.1 Å². The molecule has 0 fully saturated rings. The van der Waals surface area contributed by atoms with Gasteiger partial charge in [-0.15, -0.1) is 0 Å². The van der Waals surface area contributed by atoms with E-state index < -0.39 is 0 Å². The van der Waals surface area contributed by atoms with E-state index in [-0.39, 0.29) is 57.6 Å². The van der Waals surface area contributed by atoms with Gasteiger partial charge in [0.2, 0.25) is 0 Å². The van der Waals surface area contributed by atoms with Crippen molar-refractivity contribution >= 4 is 0 Å². The zero-order valence-corrected chi connectivity index (χ0v) is 9.90. The monoisotopic (exact) mass is 269 g/mol. The van der Waals surface area contributed by atoms with Crippen LogP contribution < -0.4 is 24.8 Å². The molecule has 0 amide bonds. The quantitative estimate of drug-likeness (QED) is 0.534. The minimum Gasteiger partial charge on any atom is -1.00 e. The second-order valence-electron chi connectivity index (χ2n) is 1.77. The van der Waals surface area contributed by atoms with E-state index in [1.165, 1.54) is 5.56 Å². The maximum Gasteiger partial charge on any atom is 3.00 e. The largest absolute Gasteiger partial charge is 3.00 e. The average molecular weight is 271 g/mol. The van der Waals surface area contributed by atoms with Crippen LogP contribution in [-0.2, 0) is 32.6 Å². The fraction of sp³-hybridized carbons (Fsp3) is 0.286. The van der Waals surface area contributed by atoms with E-state index in [1.807, 2.05) is 24.3 Å². The molecular weight excluding hydrogens is 262 g/mol. The van der Waals surface area contributed by atoms with E-state index in [4.69, 9.17) is 5.11 Å². The first-order valence-corrected chi connectivity index (χ1v) is 2.75. The van der Waals surface area contributed by atoms with Crippen molar-refractivity contribution < 1.29 is 56.1 Å². The third kappa shape index (κ3) is 7.14. The van der Waals surface area contributed by atoms with Crippen LogP contribution in [0.1, 0.15) is 5.56 Å². The Kier molecular flexibility index (Phi) is 17.4. The summed E-state index contributed by atoms with van der Waals surface area (Å²) in [5.41, 5.74) is 1.22. The van der Waals surface area contributed by atoms with Crippen LogP contribution in [0.25, 0.3) is 0 Å². The van der Waals surface area contributed by atoms with Crippen molar-refractivity contribution in [2.75, 3.05) is 6.61 Å². The third-order valence-electron chi connectivity index (χ3n) is 1.13. The Morgan fingerprint density at radius 3 is 2.36 bits per heavy atom. The Bertz CT molecular complexity index is 142. The summed E-state index contributed by atoms with van der Waals surface area (Å²) >= 11 is 0. The van der Waals surface area contributed by atoms with Gasteiger partial charge in [0.25, 0.3) is 0 Å². The van der Waals surface area contributed by atoms with Gasteiger partial charge < -0.3 is 29.9 Å². The molecule has 1 rings (SSSR count). The molecule has 0 heterocycles. The number of hydrogen-bond acceptors (Lipinski definition) is 1. The van der Waals surface area contributed by atoms with Crippen molar-refractivity contribution in [2.24, 2.45) is 0 Å². The van der Waals surface area contributed by atoms with Gasteiger partial charge in [0.15, 0.2) is 0 Å². The van der Waals surface area contributed by atoms with Crippen LogP contribution in [0.5, 0.6) is 0 Å². The minimum absolute atomic E-state index is 0. The molecule has 4 heteroatoms. The van der Waals surface area contributed by atoms with Gasteiger partial charge in [0.05, 0.1) is 0 Å². The SMILES string of the molecule is OCCc1ccc[cH-]1.[Cl-].[Cl-].[Zr+3]. The molecule has 0 aromatic heterocycles. The van der Waals surface area contributed by atoms with Gasteiger partial charge >= 0.3 is 26.2 Å². The van der Waals surface area contributed by atoms with E-state index >= 15 is 0 Å². The topological polar surface area (TPSA) is 20.2 Å². The normalized spacial score (nSPS) is 7.00. The number of aliphatic hydroxyl groups is 1. The summed E-state index contributed by atoms with van der Waals surface area (Å²) < 4.78 is 0. The van der Waals surface area contributed by atoms with Crippen LogP contribution in [0.3, 0.4) is 0 Å². The molecule has 1 N–H and O–H groups in total. The fourth-order valence-electron chi connectivity index (χ4n) is 0.710. The predicted octanol–water partition coefficient (Wildman–Crippen LogP) is -5.05. The fourth-order valence-corrected chi connectivity index (χ4v) is 0.710. The molecule has 1 aromatic carbocycles. The minimum atomic E-state index is 0. The molecule has 0 saturated heterocycles. The van der Waals surface area contributed by atoms with Crippen molar-refractivity contribution in [3.05, 3.63) is 29.8 Å². The first-order chi connectivity index (χ1) is 3.93. The zero-order valence-electron chi connectivity index (χ0n) is 5.93. The predicted molar refractivity (Wildman–Crippen MR) is 32.8 cm³/mol. The van der Waals surface area contributed by atoms with E-state index in [9.17, 15) is 0 Å². The molecule has 1 aromatic rings. The van der Waals surface area contributed by atoms with Gasteiger partial charge in [-0.05, 0) is 6.42 Å². The molecule has 0 aliphatic carbocycles. The Morgan fingerprint density at radius 1 is 1.36 bits per heavy atom. The Labute approximate surface area is 98.5 Å². The summed E-state index contributed by atoms with van der Waals surface area (Å²) in [6.07, 6.45) is 0.785. The molecule has 0 aliphatic rings. The number of halogens is 2. The maximum atomic E-state index is 8.44. The molecule has 0 spiro atoms. The summed E-state index contributed by atoms with van der Waals surface area (Å²) in [4.78, 5) is 0. The van der Waals surface area contributed by atoms with Gasteiger partial charge in [-0.3, -0.25) is 0 Å². The summed E-state index contributed by atoms with van der Waals surface area (Å²) in [5, 5.41) is 8.44. The van der Waals surface area contributed by atoms with E-state index in [0.717, 1.165) is 6.42 Å². The number of hydrogen-bond donors (Lipinski definition) is 1. The standard InChI is InChI=1S/C7H9O.2ClH.Zr/c8-6-5-7-3-1-2-4-7;;;/h1-4,8H,5-6H2;2*1H;/q-1;;;+3/p-2. The van der Waals surface area contributed by atoms with Crippen molar-refractivity contribution in [2.45, 2.75) is 6.42 Å². The van der Waals surface area contributed by atoms with Gasteiger partial charge in [-0.2, -0.15) is 17.7 Å². The van der Waals surface area contributed by atoms with Crippen LogP contribution in [0.4, 0.5) is 0 Å². The third-order valence-corrected chi connectivity index (χ3v) is 1.13. The second-order valence-corrected chi connectivity index (χ2v) is 1.77. The van der Waals surface area contributed by atoms with Gasteiger partial charge in [-0.1, -0.05) is 0 Å². The van der Waals surface area contributed by atoms with E-state index in [2.05, 4.69) is 0 Å². The van der Waals surface area contributed by atoms with Crippen LogP contribution in [0.2, 0.25) is 0 Å². The second kappa shape index (κ2) is 10.8. The molecule has 61 valence electrons. The maximum absolute atomic E-state index is 8.44. The molecule has 1 nitrogen and oxygen atoms in total. The first-order valence-electron chi connectivity index (χ1n) is 2.75. The molecule has 1 radical (unpaired) electrons. The summed E-state index contributed by atoms with van der Waals surface area (Å²) in [7, 11) is 0. The molecule has 0 saturated carbocycles. The summed E-state index contributed by atoms with van der Waals surface area (Å²) in [6.45, 7) is 0.254. The van der Waals surface area contributed by atoms with Crippen molar-refractivity contribution in [1.82, 2.24) is 0 Å². The molecule has 0 unspecified atom stereocenters. The van der Waals surface area contributed by atoms with Crippen LogP contribution in [0, 0.1) is 0 Å². The summed E-state index contributed by atoms with van der Waals surface area (Å²) in [6, 6.07) is 7.97. The Hall–Kier alpha value is 0.773. The Balaban J connectivity index is -0.000000213. The Morgan fingerprint density at radius 2 is 2.00 bits per heavy atom. The number of aliphatic hydroxyl groups excluding tert-OH is 1. The van der Waals surface area contributed by atoms with Crippen LogP contribution >= 0.6 is 0 Å². The molecule has 0 atom stereocenters. The van der Waals surface area contributed by atoms with Gasteiger partial charge in [0.1, 0.15) is 0 Å². The first kappa shape index (κ1) is 17.8. The molecule has 0 aliphatic heterocycles. The molecular formula is C7H9Cl2OZr. The number of rotatable bonds is 2. The van der Waals surface area contributed by atoms with E-state index in [1.54, 1.807) is 0 Å². The van der Waals surface area contributed by atoms with Crippen molar-refractivity contribution in [1.29, 1.82) is 0 Å². The van der Waals surface area contributed by atoms with Crippen molar-refractivity contribution in [3.8, 4) is 0 Å². The van der Waals surface area contributed by atoms with Crippen LogP contribution in [0.15, 0.2) is 24.3 Å². The summed E-state index contributed by atoms with van der Waals surface area (Å²) in [5.74, 6) is 0. The van der Waals surface area contributed by atoms with E-state index in [0.29, 0.717) is 0 Å². The van der Waals surface area contributed by atoms with Gasteiger partial charge in [0, 0.05) is 6.61 Å². The zero-order chi connectivity index (χ0) is 5.82. The van der Waals surface area contributed by atoms with Crippen LogP contribution in [-0.4, -0.2) is 11.7 Å². The average Bonchev–Trinajstić information content (AvgIpc) is 2.19. The molecule has 0 bridgehead atoms. The smallest absolute Gasteiger partial charge is 1.00 e. The molecule has 11 heavy (non-hydrogen) atoms.